The van der Waals surface area contributed by atoms with Crippen molar-refractivity contribution in [2.24, 2.45) is 0 Å². The van der Waals surface area contributed by atoms with E-state index in [0.29, 0.717) is 56.2 Å². The summed E-state index contributed by atoms with van der Waals surface area (Å²) in [6.07, 6.45) is 7.97. The standard InChI is InChI=1S/C33H33NO7/c1-19-8-5-14-23(35)13-4-2-3-9-21-17-26-29(31(37)28(21)33(39)40-19)24(18-27(36)41-26)25-16-22-11-6-10-20-12-7-15-34(30(20)22)32(25)38/h3,6,9-11,16-17,19,24,37H,2,4-5,7-8,12-15,18H2,1H3/t19-,24+/m0/s1. The summed E-state index contributed by atoms with van der Waals surface area (Å²) in [7, 11) is 0. The number of nitrogens with zero attached hydrogens (tertiary/aromatic N) is 1. The fourth-order valence-corrected chi connectivity index (χ4v) is 6.42. The van der Waals surface area contributed by atoms with Crippen LogP contribution in [-0.2, 0) is 27.3 Å². The number of aryl methyl sites for hydroxylation is 2. The summed E-state index contributed by atoms with van der Waals surface area (Å²) in [6.45, 7) is 2.33. The minimum absolute atomic E-state index is 0.0209. The first-order valence-corrected chi connectivity index (χ1v) is 14.5. The molecule has 0 saturated heterocycles. The zero-order valence-corrected chi connectivity index (χ0v) is 23.1. The Kier molecular flexibility index (Phi) is 7.24. The van der Waals surface area contributed by atoms with Gasteiger partial charge in [-0.25, -0.2) is 4.79 Å². The van der Waals surface area contributed by atoms with Crippen LogP contribution in [0.25, 0.3) is 17.0 Å². The molecule has 6 rings (SSSR count). The van der Waals surface area contributed by atoms with Crippen LogP contribution in [0, 0.1) is 0 Å². The molecule has 0 aliphatic carbocycles. The number of benzene rings is 2. The number of aromatic nitrogens is 1. The number of Topliss-reactive ketones (excluding diaryl/α,β-unsaturated/α-hetero) is 1. The number of hydrogen-bond acceptors (Lipinski definition) is 7. The lowest BCUT2D eigenvalue weighted by Gasteiger charge is -2.28. The Bertz CT molecular complexity index is 1660. The molecule has 2 atom stereocenters. The molecule has 3 aliphatic rings. The van der Waals surface area contributed by atoms with E-state index in [1.54, 1.807) is 23.6 Å². The Labute approximate surface area is 237 Å². The second-order valence-electron chi connectivity index (χ2n) is 11.3. The van der Waals surface area contributed by atoms with E-state index in [4.69, 9.17) is 9.47 Å². The Morgan fingerprint density at radius 2 is 1.83 bits per heavy atom. The Morgan fingerprint density at radius 1 is 1.00 bits per heavy atom. The highest BCUT2D eigenvalue weighted by Gasteiger charge is 2.37. The number of phenols is 1. The molecule has 3 aromatic rings. The first-order chi connectivity index (χ1) is 19.8. The van der Waals surface area contributed by atoms with Crippen LogP contribution in [0.15, 0.2) is 41.2 Å². The van der Waals surface area contributed by atoms with Gasteiger partial charge in [0, 0.05) is 36.4 Å². The lowest BCUT2D eigenvalue weighted by molar-refractivity contribution is -0.135. The third kappa shape index (κ3) is 5.07. The van der Waals surface area contributed by atoms with Gasteiger partial charge in [-0.3, -0.25) is 14.4 Å². The summed E-state index contributed by atoms with van der Waals surface area (Å²) in [4.78, 5) is 52.3. The van der Waals surface area contributed by atoms with Crippen LogP contribution in [0.2, 0.25) is 0 Å². The molecular weight excluding hydrogens is 522 g/mol. The molecule has 0 spiro atoms. The maximum absolute atomic E-state index is 13.9. The molecule has 2 aromatic carbocycles. The monoisotopic (exact) mass is 555 g/mol. The molecule has 0 amide bonds. The largest absolute Gasteiger partial charge is 0.507 e. The molecular formula is C33H33NO7. The van der Waals surface area contributed by atoms with Crippen molar-refractivity contribution in [3.63, 3.8) is 0 Å². The molecule has 8 heteroatoms. The predicted octanol–water partition coefficient (Wildman–Crippen LogP) is 5.58. The van der Waals surface area contributed by atoms with Crippen LogP contribution in [0.1, 0.15) is 96.8 Å². The number of pyridine rings is 1. The van der Waals surface area contributed by atoms with E-state index in [2.05, 4.69) is 0 Å². The molecule has 1 N–H and O–H groups in total. The zero-order valence-electron chi connectivity index (χ0n) is 23.1. The summed E-state index contributed by atoms with van der Waals surface area (Å²) >= 11 is 0. The second kappa shape index (κ2) is 11.0. The van der Waals surface area contributed by atoms with E-state index >= 15 is 0 Å². The van der Waals surface area contributed by atoms with Gasteiger partial charge in [-0.05, 0) is 74.1 Å². The summed E-state index contributed by atoms with van der Waals surface area (Å²) in [5, 5.41) is 12.6. The fraction of sp³-hybridized carbons (Fsp3) is 0.394. The highest BCUT2D eigenvalue weighted by Crippen LogP contribution is 2.47. The number of para-hydroxylation sites is 1. The molecule has 1 aromatic heterocycles. The van der Waals surface area contributed by atoms with E-state index in [1.807, 2.05) is 30.3 Å². The summed E-state index contributed by atoms with van der Waals surface area (Å²) in [5.41, 5.74) is 2.77. The van der Waals surface area contributed by atoms with Crippen molar-refractivity contribution in [1.82, 2.24) is 4.57 Å². The minimum atomic E-state index is -0.795. The third-order valence-corrected chi connectivity index (χ3v) is 8.41. The number of cyclic esters (lactones) is 1. The SMILES string of the molecule is C[C@H]1CCCC(=O)CCCC=Cc2cc3c(c(O)c2C(=O)O1)[C@@H](c1cc2cccc4c2n(c1=O)CCC4)CC(=O)O3. The van der Waals surface area contributed by atoms with Crippen LogP contribution in [-0.4, -0.2) is 33.5 Å². The van der Waals surface area contributed by atoms with Gasteiger partial charge in [-0.2, -0.15) is 0 Å². The topological polar surface area (TPSA) is 112 Å². The molecule has 41 heavy (non-hydrogen) atoms. The van der Waals surface area contributed by atoms with E-state index in [0.717, 1.165) is 29.3 Å². The molecule has 0 bridgehead atoms. The van der Waals surface area contributed by atoms with Crippen molar-refractivity contribution in [1.29, 1.82) is 0 Å². The van der Waals surface area contributed by atoms with E-state index in [-0.39, 0.29) is 40.4 Å². The molecule has 0 unspecified atom stereocenters. The molecule has 8 nitrogen and oxygen atoms in total. The van der Waals surface area contributed by atoms with E-state index in [1.165, 1.54) is 0 Å². The molecule has 4 heterocycles. The van der Waals surface area contributed by atoms with Crippen LogP contribution < -0.4 is 10.3 Å². The van der Waals surface area contributed by atoms with E-state index < -0.39 is 24.0 Å². The third-order valence-electron chi connectivity index (χ3n) is 8.41. The second-order valence-corrected chi connectivity index (χ2v) is 11.3. The lowest BCUT2D eigenvalue weighted by atomic mass is 9.83. The molecule has 212 valence electrons. The van der Waals surface area contributed by atoms with Gasteiger partial charge in [-0.1, -0.05) is 30.4 Å². The number of allylic oxidation sites excluding steroid dienone is 1. The fourth-order valence-electron chi connectivity index (χ4n) is 6.42. The highest BCUT2D eigenvalue weighted by atomic mass is 16.5. The number of hydrogen-bond donors (Lipinski definition) is 1. The minimum Gasteiger partial charge on any atom is -0.507 e. The number of carbonyl (C=O) groups excluding carboxylic acids is 3. The van der Waals surface area contributed by atoms with Gasteiger partial charge >= 0.3 is 11.9 Å². The number of aromatic hydroxyl groups is 1. The van der Waals surface area contributed by atoms with Crippen molar-refractivity contribution in [3.8, 4) is 11.5 Å². The average Bonchev–Trinajstić information content (AvgIpc) is 2.93. The molecule has 0 fully saturated rings. The number of ketones is 1. The number of phenolic OH excluding ortho intramolecular Hbond substituents is 1. The first kappa shape index (κ1) is 27.0. The number of esters is 2. The lowest BCUT2D eigenvalue weighted by Crippen LogP contribution is -2.32. The predicted molar refractivity (Wildman–Crippen MR) is 153 cm³/mol. The van der Waals surface area contributed by atoms with Crippen LogP contribution in [0.4, 0.5) is 0 Å². The van der Waals surface area contributed by atoms with Gasteiger partial charge in [0.05, 0.1) is 18.0 Å². The maximum atomic E-state index is 13.9. The van der Waals surface area contributed by atoms with Gasteiger partial charge in [0.25, 0.3) is 5.56 Å². The number of fused-ring (bicyclic) bond motifs is 2. The molecule has 3 aliphatic heterocycles. The maximum Gasteiger partial charge on any atom is 0.342 e. The number of carbonyl (C=O) groups is 3. The van der Waals surface area contributed by atoms with Gasteiger partial charge in [0.15, 0.2) is 0 Å². The van der Waals surface area contributed by atoms with E-state index in [9.17, 15) is 24.3 Å². The number of rotatable bonds is 1. The molecule has 0 radical (unpaired) electrons. The van der Waals surface area contributed by atoms with Gasteiger partial charge in [-0.15, -0.1) is 0 Å². The van der Waals surface area contributed by atoms with Crippen molar-refractivity contribution >= 4 is 34.7 Å². The average molecular weight is 556 g/mol. The normalized spacial score (nSPS) is 21.4. The summed E-state index contributed by atoms with van der Waals surface area (Å²) in [6, 6.07) is 9.32. The van der Waals surface area contributed by atoms with Crippen LogP contribution >= 0.6 is 0 Å². The Morgan fingerprint density at radius 3 is 2.68 bits per heavy atom. The first-order valence-electron chi connectivity index (χ1n) is 14.5. The van der Waals surface area contributed by atoms with Crippen LogP contribution in [0.3, 0.4) is 0 Å². The highest BCUT2D eigenvalue weighted by molar-refractivity contribution is 5.99. The van der Waals surface area contributed by atoms with Gasteiger partial charge in [0.2, 0.25) is 0 Å². The Hall–Kier alpha value is -4.20. The Balaban J connectivity index is 1.50. The quantitative estimate of drug-likeness (QED) is 0.308. The van der Waals surface area contributed by atoms with Crippen LogP contribution in [0.5, 0.6) is 11.5 Å². The molecule has 0 saturated carbocycles. The smallest absolute Gasteiger partial charge is 0.342 e. The summed E-state index contributed by atoms with van der Waals surface area (Å²) < 4.78 is 13.1. The van der Waals surface area contributed by atoms with Gasteiger partial charge < -0.3 is 19.1 Å². The van der Waals surface area contributed by atoms with Crippen molar-refractivity contribution in [2.45, 2.75) is 83.3 Å². The summed E-state index contributed by atoms with van der Waals surface area (Å²) in [5.74, 6) is -2.05. The van der Waals surface area contributed by atoms with Gasteiger partial charge in [0.1, 0.15) is 22.8 Å². The number of ether oxygens (including phenoxy) is 2. The van der Waals surface area contributed by atoms with Crippen molar-refractivity contribution in [3.05, 3.63) is 74.6 Å². The zero-order chi connectivity index (χ0) is 28.7. The van der Waals surface area contributed by atoms with Crippen molar-refractivity contribution in [2.75, 3.05) is 0 Å². The van der Waals surface area contributed by atoms with Crippen molar-refractivity contribution < 1.29 is 29.0 Å².